The fraction of sp³-hybridized carbons (Fsp3) is 0.273. The van der Waals surface area contributed by atoms with Gasteiger partial charge in [-0.25, -0.2) is 0 Å². The molecule has 1 saturated heterocycles. The van der Waals surface area contributed by atoms with Crippen molar-refractivity contribution >= 4 is 46.8 Å². The van der Waals surface area contributed by atoms with Crippen LogP contribution in [-0.2, 0) is 9.59 Å². The van der Waals surface area contributed by atoms with Gasteiger partial charge >= 0.3 is 0 Å². The number of carbonyl (C=O) groups is 2. The van der Waals surface area contributed by atoms with E-state index in [9.17, 15) is 14.7 Å². The quantitative estimate of drug-likeness (QED) is 0.436. The van der Waals surface area contributed by atoms with Gasteiger partial charge in [0, 0.05) is 22.5 Å². The van der Waals surface area contributed by atoms with Crippen LogP contribution in [0.15, 0.2) is 61.2 Å². The summed E-state index contributed by atoms with van der Waals surface area (Å²) in [6.45, 7) is 3.92. The SMILES string of the molecule is C=CCNC(=O)CSC1NC(=O)C(C(c2ccc(Cl)cc2)c2ccc(Cl)cc2)C(O)N1. The zero-order valence-corrected chi connectivity index (χ0v) is 18.9. The van der Waals surface area contributed by atoms with Crippen molar-refractivity contribution in [2.45, 2.75) is 17.6 Å². The molecule has 6 nitrogen and oxygen atoms in total. The fourth-order valence-electron chi connectivity index (χ4n) is 3.44. The van der Waals surface area contributed by atoms with Gasteiger partial charge in [-0.2, -0.15) is 0 Å². The molecule has 9 heteroatoms. The Bertz CT molecular complexity index is 879. The monoisotopic (exact) mass is 479 g/mol. The van der Waals surface area contributed by atoms with Gasteiger partial charge in [0.15, 0.2) is 0 Å². The normalized spacial score (nSPS) is 20.9. The molecule has 0 radical (unpaired) electrons. The highest BCUT2D eigenvalue weighted by Crippen LogP contribution is 2.36. The summed E-state index contributed by atoms with van der Waals surface area (Å²) in [5, 5.41) is 20.5. The van der Waals surface area contributed by atoms with Gasteiger partial charge in [0.05, 0.1) is 11.7 Å². The summed E-state index contributed by atoms with van der Waals surface area (Å²) in [4.78, 5) is 24.9. The molecule has 4 N–H and O–H groups in total. The molecule has 2 aromatic rings. The number of carbonyl (C=O) groups excluding carboxylic acids is 2. The second-order valence-corrected chi connectivity index (χ2v) is 8.98. The summed E-state index contributed by atoms with van der Waals surface area (Å²) in [5.74, 6) is -1.60. The van der Waals surface area contributed by atoms with Crippen LogP contribution < -0.4 is 16.0 Å². The molecule has 1 aliphatic rings. The molecule has 1 heterocycles. The molecule has 2 aromatic carbocycles. The first-order valence-electron chi connectivity index (χ1n) is 9.63. The van der Waals surface area contributed by atoms with E-state index in [1.807, 2.05) is 24.3 Å². The Hall–Kier alpha value is -2.03. The standard InChI is InChI=1S/C22H23Cl2N3O3S/c1-2-11-25-17(28)12-31-22-26-20(29)19(21(30)27-22)18(13-3-7-15(23)8-4-13)14-5-9-16(24)10-6-14/h2-10,18-20,22,26,29H,1,11-12H2,(H,25,28)(H,27,30). The first kappa shape index (κ1) is 23.6. The highest BCUT2D eigenvalue weighted by Gasteiger charge is 2.41. The Balaban J connectivity index is 1.79. The van der Waals surface area contributed by atoms with Gasteiger partial charge in [-0.1, -0.05) is 53.5 Å². The molecule has 0 aromatic heterocycles. The number of aliphatic hydroxyl groups is 1. The number of hydrogen-bond donors (Lipinski definition) is 4. The van der Waals surface area contributed by atoms with Crippen LogP contribution in [0.25, 0.3) is 0 Å². The van der Waals surface area contributed by atoms with Crippen molar-refractivity contribution in [2.24, 2.45) is 5.92 Å². The number of aliphatic hydroxyl groups excluding tert-OH is 1. The maximum atomic E-state index is 13.1. The van der Waals surface area contributed by atoms with E-state index in [4.69, 9.17) is 23.2 Å². The Morgan fingerprint density at radius 3 is 2.16 bits per heavy atom. The second kappa shape index (κ2) is 11.0. The molecule has 3 rings (SSSR count). The van der Waals surface area contributed by atoms with E-state index >= 15 is 0 Å². The Morgan fingerprint density at radius 1 is 1.13 bits per heavy atom. The predicted molar refractivity (Wildman–Crippen MR) is 125 cm³/mol. The predicted octanol–water partition coefficient (Wildman–Crippen LogP) is 3.10. The van der Waals surface area contributed by atoms with Gasteiger partial charge in [0.1, 0.15) is 11.7 Å². The van der Waals surface area contributed by atoms with Crippen molar-refractivity contribution in [2.75, 3.05) is 12.3 Å². The molecular weight excluding hydrogens is 457 g/mol. The van der Waals surface area contributed by atoms with Crippen LogP contribution in [-0.4, -0.2) is 40.9 Å². The number of halogens is 2. The maximum absolute atomic E-state index is 13.1. The topological polar surface area (TPSA) is 90.5 Å². The maximum Gasteiger partial charge on any atom is 0.230 e. The fourth-order valence-corrected chi connectivity index (χ4v) is 4.54. The number of hydrogen-bond acceptors (Lipinski definition) is 5. The van der Waals surface area contributed by atoms with Gasteiger partial charge in [-0.05, 0) is 35.4 Å². The minimum atomic E-state index is -1.13. The van der Waals surface area contributed by atoms with E-state index in [1.165, 1.54) is 11.8 Å². The highest BCUT2D eigenvalue weighted by atomic mass is 35.5. The molecule has 0 aliphatic carbocycles. The van der Waals surface area contributed by atoms with Crippen LogP contribution in [0.2, 0.25) is 10.0 Å². The third-order valence-electron chi connectivity index (χ3n) is 4.88. The average Bonchev–Trinajstić information content (AvgIpc) is 2.75. The van der Waals surface area contributed by atoms with Crippen molar-refractivity contribution < 1.29 is 14.7 Å². The lowest BCUT2D eigenvalue weighted by atomic mass is 9.78. The van der Waals surface area contributed by atoms with Crippen molar-refractivity contribution in [1.82, 2.24) is 16.0 Å². The van der Waals surface area contributed by atoms with E-state index in [0.717, 1.165) is 11.1 Å². The molecule has 0 saturated carbocycles. The zero-order valence-electron chi connectivity index (χ0n) is 16.6. The number of rotatable bonds is 8. The molecule has 31 heavy (non-hydrogen) atoms. The summed E-state index contributed by atoms with van der Waals surface area (Å²) in [7, 11) is 0. The molecule has 1 fully saturated rings. The number of benzene rings is 2. The van der Waals surface area contributed by atoms with Crippen LogP contribution in [0.5, 0.6) is 0 Å². The first-order valence-corrected chi connectivity index (χ1v) is 11.4. The van der Waals surface area contributed by atoms with E-state index in [1.54, 1.807) is 30.3 Å². The van der Waals surface area contributed by atoms with E-state index < -0.39 is 23.6 Å². The third kappa shape index (κ3) is 6.24. The van der Waals surface area contributed by atoms with Gasteiger partial charge < -0.3 is 15.7 Å². The number of nitrogens with one attached hydrogen (secondary N) is 3. The molecule has 1 aliphatic heterocycles. The molecule has 3 atom stereocenters. The zero-order chi connectivity index (χ0) is 22.4. The summed E-state index contributed by atoms with van der Waals surface area (Å²) in [6, 6.07) is 14.4. The Labute approximate surface area is 195 Å². The van der Waals surface area contributed by atoms with E-state index in [-0.39, 0.29) is 17.6 Å². The van der Waals surface area contributed by atoms with Crippen LogP contribution in [0, 0.1) is 5.92 Å². The lowest BCUT2D eigenvalue weighted by molar-refractivity contribution is -0.134. The summed E-state index contributed by atoms with van der Waals surface area (Å²) < 4.78 is 0. The van der Waals surface area contributed by atoms with Crippen LogP contribution in [0.1, 0.15) is 17.0 Å². The van der Waals surface area contributed by atoms with Crippen molar-refractivity contribution in [3.8, 4) is 0 Å². The Kier molecular flexibility index (Phi) is 8.40. The van der Waals surface area contributed by atoms with Gasteiger partial charge in [-0.15, -0.1) is 18.3 Å². The van der Waals surface area contributed by atoms with Crippen molar-refractivity contribution in [3.63, 3.8) is 0 Å². The van der Waals surface area contributed by atoms with Crippen LogP contribution in [0.3, 0.4) is 0 Å². The summed E-state index contributed by atoms with van der Waals surface area (Å²) >= 11 is 13.3. The summed E-state index contributed by atoms with van der Waals surface area (Å²) in [5.41, 5.74) is 1.08. The highest BCUT2D eigenvalue weighted by molar-refractivity contribution is 8.00. The molecule has 3 unspecified atom stereocenters. The van der Waals surface area contributed by atoms with E-state index in [2.05, 4.69) is 22.5 Å². The first-order chi connectivity index (χ1) is 14.9. The van der Waals surface area contributed by atoms with Crippen molar-refractivity contribution in [3.05, 3.63) is 82.4 Å². The van der Waals surface area contributed by atoms with Gasteiger partial charge in [0.25, 0.3) is 0 Å². The average molecular weight is 480 g/mol. The largest absolute Gasteiger partial charge is 0.378 e. The van der Waals surface area contributed by atoms with Crippen LogP contribution >= 0.6 is 35.0 Å². The van der Waals surface area contributed by atoms with Crippen molar-refractivity contribution in [1.29, 1.82) is 0 Å². The molecule has 2 amide bonds. The lowest BCUT2D eigenvalue weighted by Crippen LogP contribution is -2.61. The van der Waals surface area contributed by atoms with Crippen LogP contribution in [0.4, 0.5) is 0 Å². The Morgan fingerprint density at radius 2 is 1.68 bits per heavy atom. The van der Waals surface area contributed by atoms with Gasteiger partial charge in [-0.3, -0.25) is 14.9 Å². The lowest BCUT2D eigenvalue weighted by Gasteiger charge is -2.38. The molecular formula is C22H23Cl2N3O3S. The number of thioether (sulfide) groups is 1. The third-order valence-corrected chi connectivity index (χ3v) is 6.40. The van der Waals surface area contributed by atoms with E-state index in [0.29, 0.717) is 16.6 Å². The molecule has 0 spiro atoms. The molecule has 0 bridgehead atoms. The summed E-state index contributed by atoms with van der Waals surface area (Å²) in [6.07, 6.45) is 0.462. The minimum Gasteiger partial charge on any atom is -0.378 e. The number of amides is 2. The molecule has 164 valence electrons. The minimum absolute atomic E-state index is 0.126. The van der Waals surface area contributed by atoms with Gasteiger partial charge in [0.2, 0.25) is 11.8 Å². The second-order valence-electron chi connectivity index (χ2n) is 7.01. The smallest absolute Gasteiger partial charge is 0.230 e.